The predicted octanol–water partition coefficient (Wildman–Crippen LogP) is 10.1. The molecule has 2 aliphatic carbocycles. The van der Waals surface area contributed by atoms with E-state index < -0.39 is 8.53 Å². The van der Waals surface area contributed by atoms with Gasteiger partial charge in [-0.15, -0.1) is 4.67 Å². The molecule has 1 heterocycles. The van der Waals surface area contributed by atoms with Gasteiger partial charge in [0.1, 0.15) is 0 Å². The molecule has 1 spiro atoms. The topological polar surface area (TPSA) is 21.7 Å². The summed E-state index contributed by atoms with van der Waals surface area (Å²) < 4.78 is 16.9. The number of aryl methyl sites for hydroxylation is 2. The van der Waals surface area contributed by atoms with Crippen molar-refractivity contribution >= 4 is 17.7 Å². The van der Waals surface area contributed by atoms with Gasteiger partial charge < -0.3 is 0 Å². The molecule has 0 unspecified atom stereocenters. The fraction of sp³-hybridized carbons (Fsp3) is 0.351. The SMILES string of the molecule is Cc1cc2c3c(c1)C(C)(C)CC31CC(C)(C)c3cc(C)cc(c31)O[PH+](N(Cc1ccccc1)Cc1ccccc1)O2.[Cl][Au]. The van der Waals surface area contributed by atoms with Crippen molar-refractivity contribution in [2.24, 2.45) is 0 Å². The Morgan fingerprint density at radius 3 is 1.47 bits per heavy atom. The zero-order valence-corrected chi connectivity index (χ0v) is 29.8. The third kappa shape index (κ3) is 5.52. The van der Waals surface area contributed by atoms with Crippen LogP contribution in [0.15, 0.2) is 84.9 Å². The summed E-state index contributed by atoms with van der Waals surface area (Å²) in [4.78, 5) is 0. The van der Waals surface area contributed by atoms with Gasteiger partial charge in [-0.2, -0.15) is 0 Å². The Hall–Kier alpha value is -2.10. The van der Waals surface area contributed by atoms with Crippen LogP contribution in [0.3, 0.4) is 0 Å². The molecule has 4 aromatic rings. The Morgan fingerprint density at radius 2 is 1.07 bits per heavy atom. The van der Waals surface area contributed by atoms with Crippen LogP contribution < -0.4 is 9.05 Å². The average molecular weight is 795 g/mol. The van der Waals surface area contributed by atoms with Gasteiger partial charge in [0.2, 0.25) is 0 Å². The van der Waals surface area contributed by atoms with Crippen molar-refractivity contribution < 1.29 is 29.0 Å². The van der Waals surface area contributed by atoms with E-state index in [0.29, 0.717) is 0 Å². The molecule has 4 aromatic carbocycles. The van der Waals surface area contributed by atoms with E-state index in [1.165, 1.54) is 44.5 Å². The number of benzene rings is 4. The molecule has 0 radical (unpaired) electrons. The average Bonchev–Trinajstić information content (AvgIpc) is 3.32. The van der Waals surface area contributed by atoms with Crippen molar-refractivity contribution in [1.82, 2.24) is 4.67 Å². The molecule has 1 aliphatic heterocycles. The molecule has 7 rings (SSSR count). The molecule has 0 aromatic heterocycles. The minimum absolute atomic E-state index is 0.0460. The summed E-state index contributed by atoms with van der Waals surface area (Å²) in [7, 11) is 2.62. The van der Waals surface area contributed by atoms with E-state index in [1.54, 1.807) is 20.0 Å². The van der Waals surface area contributed by atoms with Crippen LogP contribution >= 0.6 is 17.7 Å². The van der Waals surface area contributed by atoms with Crippen molar-refractivity contribution in [3.05, 3.63) is 129 Å². The van der Waals surface area contributed by atoms with Crippen molar-refractivity contribution in [3.8, 4) is 11.5 Å². The molecular weight excluding hydrogens is 754 g/mol. The van der Waals surface area contributed by atoms with Crippen LogP contribution in [0, 0.1) is 13.8 Å². The molecule has 228 valence electrons. The molecule has 3 aliphatic rings. The fourth-order valence-electron chi connectivity index (χ4n) is 8.09. The Labute approximate surface area is 274 Å². The Bertz CT molecular complexity index is 1520. The van der Waals surface area contributed by atoms with E-state index >= 15 is 0 Å². The van der Waals surface area contributed by atoms with Crippen LogP contribution in [0.4, 0.5) is 0 Å². The molecule has 43 heavy (non-hydrogen) atoms. The van der Waals surface area contributed by atoms with E-state index in [9.17, 15) is 0 Å². The molecule has 0 saturated carbocycles. The normalized spacial score (nSPS) is 18.4. The first-order valence-corrected chi connectivity index (χ1v) is 19.0. The number of hydrogen-bond acceptors (Lipinski definition) is 3. The van der Waals surface area contributed by atoms with Gasteiger partial charge in [0.05, 0.1) is 13.1 Å². The monoisotopic (exact) mass is 794 g/mol. The van der Waals surface area contributed by atoms with Gasteiger partial charge in [0.15, 0.2) is 11.5 Å². The van der Waals surface area contributed by atoms with Crippen LogP contribution in [0.5, 0.6) is 11.5 Å². The van der Waals surface area contributed by atoms with Crippen LogP contribution in [0.2, 0.25) is 0 Å². The molecule has 0 amide bonds. The maximum absolute atomic E-state index is 7.23. The van der Waals surface area contributed by atoms with Crippen LogP contribution in [0.25, 0.3) is 0 Å². The second-order valence-corrected chi connectivity index (χ2v) is 15.4. The number of nitrogens with zero attached hydrogens (tertiary/aromatic N) is 1. The second-order valence-electron chi connectivity index (χ2n) is 13.9. The van der Waals surface area contributed by atoms with Gasteiger partial charge in [-0.3, -0.25) is 9.05 Å². The molecule has 3 nitrogen and oxygen atoms in total. The fourth-order valence-corrected chi connectivity index (χ4v) is 9.71. The number of rotatable bonds is 5. The van der Waals surface area contributed by atoms with Gasteiger partial charge in [-0.1, -0.05) is 100 Å². The summed E-state index contributed by atoms with van der Waals surface area (Å²) >= 11 is 1.75. The summed E-state index contributed by atoms with van der Waals surface area (Å²) in [6.07, 6.45) is 2.15. The van der Waals surface area contributed by atoms with Gasteiger partial charge >= 0.3 is 37.7 Å². The van der Waals surface area contributed by atoms with Crippen molar-refractivity contribution in [1.29, 1.82) is 0 Å². The zero-order valence-electron chi connectivity index (χ0n) is 25.9. The van der Waals surface area contributed by atoms with Gasteiger partial charge in [-0.05, 0) is 83.0 Å². The molecule has 0 N–H and O–H groups in total. The predicted molar refractivity (Wildman–Crippen MR) is 176 cm³/mol. The first-order chi connectivity index (χ1) is 20.6. The van der Waals surface area contributed by atoms with Crippen molar-refractivity contribution in [2.45, 2.75) is 83.7 Å². The van der Waals surface area contributed by atoms with E-state index in [2.05, 4.69) is 140 Å². The van der Waals surface area contributed by atoms with E-state index in [1.807, 2.05) is 0 Å². The summed E-state index contributed by atoms with van der Waals surface area (Å²) in [6, 6.07) is 30.9. The van der Waals surface area contributed by atoms with Crippen LogP contribution in [-0.4, -0.2) is 4.67 Å². The first-order valence-electron chi connectivity index (χ1n) is 15.0. The quantitative estimate of drug-likeness (QED) is 0.148. The van der Waals surface area contributed by atoms with Gasteiger partial charge in [0, 0.05) is 16.5 Å². The summed E-state index contributed by atoms with van der Waals surface area (Å²) in [5.74, 6) is 2.06. The Kier molecular flexibility index (Phi) is 8.39. The molecule has 0 fully saturated rings. The molecule has 0 bridgehead atoms. The van der Waals surface area contributed by atoms with Crippen LogP contribution in [-0.2, 0) is 49.3 Å². The third-order valence-corrected chi connectivity index (χ3v) is 11.1. The standard InChI is InChI=1S/C37H40NO2P.Au.ClH/c1-25-17-29-33-31(19-25)39-41(38(21-27-13-9-7-10-14-27)22-28-15-11-8-12-16-28)40-32-20-26(2)18-30-34(32)37(33,23-35(29,3)4)24-36(30,5)6;;/h7-20H,21-24H2,1-6H3;;1H/q;+1;. The molecule has 6 heteroatoms. The second kappa shape index (κ2) is 11.7. The van der Waals surface area contributed by atoms with Gasteiger partial charge in [-0.25, -0.2) is 0 Å². The summed E-state index contributed by atoms with van der Waals surface area (Å²) in [5.41, 5.74) is 10.7. The van der Waals surface area contributed by atoms with E-state index in [0.717, 1.165) is 37.4 Å². The van der Waals surface area contributed by atoms with Crippen molar-refractivity contribution in [2.75, 3.05) is 0 Å². The van der Waals surface area contributed by atoms with Crippen LogP contribution in [0.1, 0.15) is 85.0 Å². The minimum atomic E-state index is -1.96. The first kappa shape index (κ1) is 30.9. The van der Waals surface area contributed by atoms with E-state index in [4.69, 9.17) is 9.05 Å². The van der Waals surface area contributed by atoms with Crippen molar-refractivity contribution in [3.63, 3.8) is 0 Å². The summed E-state index contributed by atoms with van der Waals surface area (Å²) in [5, 5.41) is 0. The molecular formula is C37H41AuClNO2P+. The number of hydrogen-bond donors (Lipinski definition) is 0. The molecule has 0 saturated heterocycles. The summed E-state index contributed by atoms with van der Waals surface area (Å²) in [6.45, 7) is 15.6. The third-order valence-electron chi connectivity index (χ3n) is 9.48. The Balaban J connectivity index is 0.00000161. The van der Waals surface area contributed by atoms with Gasteiger partial charge in [0.25, 0.3) is 0 Å². The van der Waals surface area contributed by atoms with E-state index in [-0.39, 0.29) is 16.2 Å². The zero-order chi connectivity index (χ0) is 30.6. The maximum atomic E-state index is 7.23. The molecule has 0 atom stereocenters. The Morgan fingerprint density at radius 1 is 0.674 bits per heavy atom. The number of halogens is 1.